The van der Waals surface area contributed by atoms with Crippen LogP contribution in [0.25, 0.3) is 12.2 Å². The van der Waals surface area contributed by atoms with E-state index < -0.39 is 0 Å². The van der Waals surface area contributed by atoms with Gasteiger partial charge in [0.25, 0.3) is 0 Å². The summed E-state index contributed by atoms with van der Waals surface area (Å²) in [5.41, 5.74) is 3.65. The van der Waals surface area contributed by atoms with Crippen LogP contribution in [-0.2, 0) is 11.2 Å². The zero-order valence-corrected chi connectivity index (χ0v) is 8.20. The molecule has 0 saturated carbocycles. The van der Waals surface area contributed by atoms with Gasteiger partial charge in [0.15, 0.2) is 0 Å². The molecule has 2 rings (SSSR count). The Hall–Kier alpha value is -1.34. The molecule has 1 heterocycles. The number of ether oxygens (including phenoxy) is 1. The summed E-state index contributed by atoms with van der Waals surface area (Å²) in [6.45, 7) is 8.53. The average molecular weight is 186 g/mol. The van der Waals surface area contributed by atoms with E-state index in [9.17, 15) is 0 Å². The van der Waals surface area contributed by atoms with Gasteiger partial charge in [0.05, 0.1) is 12.7 Å². The minimum absolute atomic E-state index is 0.425. The third-order valence-corrected chi connectivity index (χ3v) is 2.50. The fourth-order valence-corrected chi connectivity index (χ4v) is 1.67. The molecule has 72 valence electrons. The van der Waals surface area contributed by atoms with Gasteiger partial charge in [-0.2, -0.15) is 0 Å². The van der Waals surface area contributed by atoms with E-state index in [4.69, 9.17) is 4.74 Å². The van der Waals surface area contributed by atoms with Gasteiger partial charge in [-0.15, -0.1) is 0 Å². The molecule has 0 amide bonds. The fourth-order valence-electron chi connectivity index (χ4n) is 1.67. The molecule has 1 saturated heterocycles. The molecule has 0 spiro atoms. The van der Waals surface area contributed by atoms with E-state index >= 15 is 0 Å². The van der Waals surface area contributed by atoms with Gasteiger partial charge in [-0.3, -0.25) is 0 Å². The summed E-state index contributed by atoms with van der Waals surface area (Å²) < 4.78 is 5.23. The quantitative estimate of drug-likeness (QED) is 0.659. The van der Waals surface area contributed by atoms with Crippen LogP contribution in [0, 0.1) is 0 Å². The normalized spacial score (nSPS) is 19.0. The van der Waals surface area contributed by atoms with Crippen LogP contribution in [0.15, 0.2) is 31.4 Å². The van der Waals surface area contributed by atoms with E-state index in [1.54, 1.807) is 0 Å². The van der Waals surface area contributed by atoms with E-state index in [1.165, 1.54) is 11.1 Å². The first-order valence-corrected chi connectivity index (χ1v) is 4.83. The second kappa shape index (κ2) is 3.81. The van der Waals surface area contributed by atoms with Gasteiger partial charge >= 0.3 is 0 Å². The molecule has 1 aliphatic heterocycles. The van der Waals surface area contributed by atoms with Crippen LogP contribution in [0.2, 0.25) is 0 Å². The zero-order valence-electron chi connectivity index (χ0n) is 8.20. The van der Waals surface area contributed by atoms with Gasteiger partial charge in [0, 0.05) is 6.42 Å². The molecule has 0 radical (unpaired) electrons. The molecule has 1 aliphatic rings. The van der Waals surface area contributed by atoms with Crippen LogP contribution in [0.5, 0.6) is 0 Å². The molecule has 1 unspecified atom stereocenters. The Morgan fingerprint density at radius 3 is 2.71 bits per heavy atom. The molecule has 0 bridgehead atoms. The summed E-state index contributed by atoms with van der Waals surface area (Å²) in [5.74, 6) is 0. The topological polar surface area (TPSA) is 12.5 Å². The molecule has 1 heteroatoms. The lowest BCUT2D eigenvalue weighted by Gasteiger charge is -2.07. The van der Waals surface area contributed by atoms with Crippen LogP contribution in [0.4, 0.5) is 0 Å². The molecule has 1 atom stereocenters. The lowest BCUT2D eigenvalue weighted by molar-refractivity contribution is 0.407. The highest BCUT2D eigenvalue weighted by atomic mass is 16.6. The van der Waals surface area contributed by atoms with Crippen molar-refractivity contribution in [1.29, 1.82) is 0 Å². The van der Waals surface area contributed by atoms with Crippen molar-refractivity contribution in [3.8, 4) is 0 Å². The zero-order chi connectivity index (χ0) is 9.97. The molecule has 1 aromatic carbocycles. The molecule has 1 fully saturated rings. The smallest absolute Gasteiger partial charge is 0.0850 e. The van der Waals surface area contributed by atoms with E-state index in [-0.39, 0.29) is 0 Å². The summed E-state index contributed by atoms with van der Waals surface area (Å²) in [5, 5.41) is 0. The Kier molecular flexibility index (Phi) is 2.51. The fraction of sp³-hybridized carbons (Fsp3) is 0.231. The van der Waals surface area contributed by atoms with Crippen molar-refractivity contribution in [2.75, 3.05) is 6.61 Å². The average Bonchev–Trinajstić information content (AvgIpc) is 3.01. The number of hydrogen-bond acceptors (Lipinski definition) is 1. The van der Waals surface area contributed by atoms with Crippen LogP contribution >= 0.6 is 0 Å². The first kappa shape index (κ1) is 9.22. The Balaban J connectivity index is 2.35. The largest absolute Gasteiger partial charge is 0.373 e. The Morgan fingerprint density at radius 1 is 1.36 bits per heavy atom. The van der Waals surface area contributed by atoms with Gasteiger partial charge in [0.2, 0.25) is 0 Å². The maximum Gasteiger partial charge on any atom is 0.0850 e. The van der Waals surface area contributed by atoms with E-state index in [0.717, 1.165) is 18.6 Å². The minimum atomic E-state index is 0.425. The van der Waals surface area contributed by atoms with Crippen molar-refractivity contribution < 1.29 is 4.74 Å². The maximum atomic E-state index is 5.23. The van der Waals surface area contributed by atoms with E-state index in [0.29, 0.717) is 6.10 Å². The van der Waals surface area contributed by atoms with E-state index in [2.05, 4.69) is 31.4 Å². The van der Waals surface area contributed by atoms with Crippen LogP contribution in [0.3, 0.4) is 0 Å². The summed E-state index contributed by atoms with van der Waals surface area (Å²) in [7, 11) is 0. The number of benzene rings is 1. The van der Waals surface area contributed by atoms with Crippen molar-refractivity contribution in [3.05, 3.63) is 48.0 Å². The molecule has 1 nitrogen and oxygen atoms in total. The Morgan fingerprint density at radius 2 is 2.14 bits per heavy atom. The van der Waals surface area contributed by atoms with E-state index in [1.807, 2.05) is 12.2 Å². The molecular weight excluding hydrogens is 172 g/mol. The van der Waals surface area contributed by atoms with Crippen molar-refractivity contribution in [3.63, 3.8) is 0 Å². The predicted octanol–water partition coefficient (Wildman–Crippen LogP) is 2.91. The lowest BCUT2D eigenvalue weighted by atomic mass is 9.98. The standard InChI is InChI=1S/C13H14O/c1-3-10-6-5-7-11(13(10)4-2)8-12-9-14-12/h3-7,12H,1-2,8-9H2. The van der Waals surface area contributed by atoms with Crippen molar-refractivity contribution in [2.45, 2.75) is 12.5 Å². The van der Waals surface area contributed by atoms with Gasteiger partial charge in [0.1, 0.15) is 0 Å². The number of hydrogen-bond donors (Lipinski definition) is 0. The summed E-state index contributed by atoms with van der Waals surface area (Å²) in [6.07, 6.45) is 5.18. The molecule has 1 aromatic rings. The first-order chi connectivity index (χ1) is 6.85. The van der Waals surface area contributed by atoms with Gasteiger partial charge in [-0.05, 0) is 16.7 Å². The number of rotatable bonds is 4. The summed E-state index contributed by atoms with van der Waals surface area (Å²) >= 11 is 0. The maximum absolute atomic E-state index is 5.23. The third kappa shape index (κ3) is 1.78. The Labute approximate surface area is 84.7 Å². The molecular formula is C13H14O. The minimum Gasteiger partial charge on any atom is -0.373 e. The highest BCUT2D eigenvalue weighted by Gasteiger charge is 2.23. The molecule has 0 aromatic heterocycles. The van der Waals surface area contributed by atoms with Crippen molar-refractivity contribution >= 4 is 12.2 Å². The second-order valence-corrected chi connectivity index (χ2v) is 3.49. The van der Waals surface area contributed by atoms with Gasteiger partial charge < -0.3 is 4.74 Å². The molecule has 14 heavy (non-hydrogen) atoms. The highest BCUT2D eigenvalue weighted by Crippen LogP contribution is 2.23. The van der Waals surface area contributed by atoms with Crippen LogP contribution in [-0.4, -0.2) is 12.7 Å². The SMILES string of the molecule is C=Cc1cccc(CC2CO2)c1C=C. The summed E-state index contributed by atoms with van der Waals surface area (Å²) in [6, 6.07) is 6.24. The third-order valence-electron chi connectivity index (χ3n) is 2.50. The highest BCUT2D eigenvalue weighted by molar-refractivity contribution is 5.66. The predicted molar refractivity (Wildman–Crippen MR) is 60.1 cm³/mol. The van der Waals surface area contributed by atoms with Crippen LogP contribution in [0.1, 0.15) is 16.7 Å². The van der Waals surface area contributed by atoms with Crippen molar-refractivity contribution in [1.82, 2.24) is 0 Å². The van der Waals surface area contributed by atoms with Crippen LogP contribution < -0.4 is 0 Å². The summed E-state index contributed by atoms with van der Waals surface area (Å²) in [4.78, 5) is 0. The van der Waals surface area contributed by atoms with Gasteiger partial charge in [-0.25, -0.2) is 0 Å². The first-order valence-electron chi connectivity index (χ1n) is 4.83. The molecule has 0 aliphatic carbocycles. The van der Waals surface area contributed by atoms with Gasteiger partial charge in [-0.1, -0.05) is 43.5 Å². The number of epoxide rings is 1. The Bertz CT molecular complexity index is 361. The van der Waals surface area contributed by atoms with Crippen molar-refractivity contribution in [2.24, 2.45) is 0 Å². The second-order valence-electron chi connectivity index (χ2n) is 3.49. The lowest BCUT2D eigenvalue weighted by Crippen LogP contribution is -1.97. The monoisotopic (exact) mass is 186 g/mol. The molecule has 0 N–H and O–H groups in total.